The number of rotatable bonds is 7. The van der Waals surface area contributed by atoms with E-state index in [0.717, 1.165) is 39.8 Å². The minimum Gasteiger partial charge on any atom is -0.492 e. The lowest BCUT2D eigenvalue weighted by Gasteiger charge is -2.07. The van der Waals surface area contributed by atoms with Gasteiger partial charge in [-0.3, -0.25) is 5.32 Å². The lowest BCUT2D eigenvalue weighted by Crippen LogP contribution is -2.18. The molecule has 1 aliphatic rings. The smallest absolute Gasteiger partial charge is 0.258 e. The fraction of sp³-hybridized carbons (Fsp3) is 0.304. The summed E-state index contributed by atoms with van der Waals surface area (Å²) >= 11 is 6.33. The van der Waals surface area contributed by atoms with Gasteiger partial charge in [-0.05, 0) is 49.7 Å². The molecule has 4 aromatic rings. The molecule has 0 spiro atoms. The molecule has 1 aliphatic heterocycles. The number of hydrogen-bond acceptors (Lipinski definition) is 7. The summed E-state index contributed by atoms with van der Waals surface area (Å²) in [5, 5.41) is 18.5. The first kappa shape index (κ1) is 20.1. The predicted molar refractivity (Wildman–Crippen MR) is 117 cm³/mol. The Labute approximate surface area is 184 Å². The highest BCUT2D eigenvalue weighted by Gasteiger charge is 2.47. The molecule has 0 bridgehead atoms. The molecule has 0 aliphatic carbocycles. The van der Waals surface area contributed by atoms with E-state index >= 15 is 0 Å². The summed E-state index contributed by atoms with van der Waals surface area (Å²) in [5.74, 6) is 2.26. The van der Waals surface area contributed by atoms with Crippen LogP contribution in [-0.2, 0) is 5.54 Å². The highest BCUT2D eigenvalue weighted by molar-refractivity contribution is 6.32. The van der Waals surface area contributed by atoms with Crippen LogP contribution < -0.4 is 10.1 Å². The van der Waals surface area contributed by atoms with Crippen LogP contribution in [0.2, 0.25) is 5.02 Å². The van der Waals surface area contributed by atoms with Crippen LogP contribution in [0.1, 0.15) is 24.7 Å². The molecule has 0 radical (unpaired) electrons. The van der Waals surface area contributed by atoms with Crippen LogP contribution >= 0.6 is 11.6 Å². The molecule has 0 amide bonds. The van der Waals surface area contributed by atoms with Gasteiger partial charge in [0, 0.05) is 28.6 Å². The van der Waals surface area contributed by atoms with Crippen LogP contribution in [-0.4, -0.2) is 35.0 Å². The number of ether oxygens (including phenoxy) is 1. The molecule has 7 nitrogen and oxygen atoms in total. The maximum absolute atomic E-state index is 9.71. The maximum Gasteiger partial charge on any atom is 0.258 e. The molecule has 31 heavy (non-hydrogen) atoms. The molecule has 0 saturated carbocycles. The molecule has 1 unspecified atom stereocenters. The van der Waals surface area contributed by atoms with E-state index < -0.39 is 5.54 Å². The number of nitrogens with one attached hydrogen (secondary N) is 1. The molecule has 2 N–H and O–H groups in total. The Morgan fingerprint density at radius 1 is 1.23 bits per heavy atom. The first-order valence-electron chi connectivity index (χ1n) is 10.2. The summed E-state index contributed by atoms with van der Waals surface area (Å²) in [6.07, 6.45) is 0.907. The standard InChI is InChI=1S/C23H22ClN3O4/c1-3-8-29-19-7-5-15(10-17(19)24)22-26-21(27-31-22)14-4-6-18-16(9-14)13(2)20(30-18)23(12-28)11-25-23/h4-7,9-10,25,28H,3,8,11-12H2,1-2H3. The van der Waals surface area contributed by atoms with Crippen molar-refractivity contribution in [2.24, 2.45) is 0 Å². The average Bonchev–Trinajstić information content (AvgIpc) is 3.29. The Bertz CT molecular complexity index is 1260. The van der Waals surface area contributed by atoms with Gasteiger partial charge in [-0.15, -0.1) is 0 Å². The number of halogens is 1. The Balaban J connectivity index is 1.45. The zero-order valence-corrected chi connectivity index (χ0v) is 18.0. The zero-order chi connectivity index (χ0) is 21.6. The lowest BCUT2D eigenvalue weighted by molar-refractivity contribution is 0.236. The summed E-state index contributed by atoms with van der Waals surface area (Å²) in [6, 6.07) is 11.2. The molecule has 1 fully saturated rings. The number of aliphatic hydroxyl groups excluding tert-OH is 1. The van der Waals surface area contributed by atoms with E-state index in [9.17, 15) is 5.11 Å². The number of fused-ring (bicyclic) bond motifs is 1. The van der Waals surface area contributed by atoms with Crippen LogP contribution in [0.4, 0.5) is 0 Å². The van der Waals surface area contributed by atoms with Crippen molar-refractivity contribution >= 4 is 22.6 Å². The number of aryl methyl sites for hydroxylation is 1. The number of hydrogen-bond donors (Lipinski definition) is 2. The van der Waals surface area contributed by atoms with Gasteiger partial charge in [0.25, 0.3) is 5.89 Å². The zero-order valence-electron chi connectivity index (χ0n) is 17.2. The van der Waals surface area contributed by atoms with Crippen molar-refractivity contribution in [3.05, 3.63) is 52.7 Å². The van der Waals surface area contributed by atoms with E-state index in [2.05, 4.69) is 15.5 Å². The number of aliphatic hydroxyl groups is 1. The van der Waals surface area contributed by atoms with Crippen molar-refractivity contribution in [1.82, 2.24) is 15.5 Å². The monoisotopic (exact) mass is 439 g/mol. The van der Waals surface area contributed by atoms with Gasteiger partial charge in [0.05, 0.1) is 18.2 Å². The minimum absolute atomic E-state index is 0.000442. The second-order valence-electron chi connectivity index (χ2n) is 7.78. The second kappa shape index (κ2) is 7.67. The van der Waals surface area contributed by atoms with Gasteiger partial charge in [0.2, 0.25) is 5.82 Å². The quantitative estimate of drug-likeness (QED) is 0.402. The van der Waals surface area contributed by atoms with Gasteiger partial charge in [0.1, 0.15) is 22.6 Å². The number of furan rings is 1. The van der Waals surface area contributed by atoms with Gasteiger partial charge >= 0.3 is 0 Å². The molecule has 2 aromatic carbocycles. The molecule has 1 atom stereocenters. The van der Waals surface area contributed by atoms with Crippen molar-refractivity contribution in [3.8, 4) is 28.6 Å². The van der Waals surface area contributed by atoms with Crippen molar-refractivity contribution in [1.29, 1.82) is 0 Å². The van der Waals surface area contributed by atoms with E-state index in [1.807, 2.05) is 44.2 Å². The molecular formula is C23H22ClN3O4. The average molecular weight is 440 g/mol. The SMILES string of the molecule is CCCOc1ccc(-c2nc(-c3ccc4oc(C5(CO)CN5)c(C)c4c3)no2)cc1Cl. The van der Waals surface area contributed by atoms with Crippen LogP contribution in [0, 0.1) is 6.92 Å². The summed E-state index contributed by atoms with van der Waals surface area (Å²) < 4.78 is 17.1. The molecule has 160 valence electrons. The molecule has 1 saturated heterocycles. The number of aromatic nitrogens is 2. The van der Waals surface area contributed by atoms with Crippen molar-refractivity contribution in [3.63, 3.8) is 0 Å². The third-order valence-corrected chi connectivity index (χ3v) is 5.86. The van der Waals surface area contributed by atoms with Crippen LogP contribution in [0.5, 0.6) is 5.75 Å². The van der Waals surface area contributed by atoms with Gasteiger partial charge < -0.3 is 18.8 Å². The van der Waals surface area contributed by atoms with Gasteiger partial charge in [-0.2, -0.15) is 4.98 Å². The Morgan fingerprint density at radius 2 is 2.03 bits per heavy atom. The van der Waals surface area contributed by atoms with E-state index in [-0.39, 0.29) is 6.61 Å². The van der Waals surface area contributed by atoms with Crippen molar-refractivity contribution in [2.75, 3.05) is 19.8 Å². The molecular weight excluding hydrogens is 418 g/mol. The molecule has 2 aromatic heterocycles. The third-order valence-electron chi connectivity index (χ3n) is 5.57. The van der Waals surface area contributed by atoms with Crippen molar-refractivity contribution in [2.45, 2.75) is 25.8 Å². The minimum atomic E-state index is -0.463. The molecule has 3 heterocycles. The second-order valence-corrected chi connectivity index (χ2v) is 8.18. The first-order chi connectivity index (χ1) is 15.0. The van der Waals surface area contributed by atoms with Gasteiger partial charge in [0.15, 0.2) is 0 Å². The predicted octanol–water partition coefficient (Wildman–Crippen LogP) is 4.69. The topological polar surface area (TPSA) is 103 Å². The van der Waals surface area contributed by atoms with Crippen molar-refractivity contribution < 1.29 is 18.8 Å². The Morgan fingerprint density at radius 3 is 2.74 bits per heavy atom. The van der Waals surface area contributed by atoms with E-state index in [0.29, 0.717) is 35.6 Å². The van der Waals surface area contributed by atoms with Gasteiger partial charge in [-0.1, -0.05) is 23.7 Å². The largest absolute Gasteiger partial charge is 0.492 e. The highest BCUT2D eigenvalue weighted by atomic mass is 35.5. The fourth-order valence-electron chi connectivity index (χ4n) is 3.69. The number of benzene rings is 2. The number of nitrogens with zero attached hydrogens (tertiary/aromatic N) is 2. The molecule has 5 rings (SSSR count). The fourth-order valence-corrected chi connectivity index (χ4v) is 3.92. The molecule has 8 heteroatoms. The Kier molecular flexibility index (Phi) is 4.97. The normalized spacial score (nSPS) is 17.9. The summed E-state index contributed by atoms with van der Waals surface area (Å²) in [5.41, 5.74) is 2.83. The summed E-state index contributed by atoms with van der Waals surface area (Å²) in [7, 11) is 0. The maximum atomic E-state index is 9.71. The Hall–Kier alpha value is -2.87. The van der Waals surface area contributed by atoms with Crippen LogP contribution in [0.3, 0.4) is 0 Å². The van der Waals surface area contributed by atoms with Crippen LogP contribution in [0.15, 0.2) is 45.3 Å². The first-order valence-corrected chi connectivity index (χ1v) is 10.6. The summed E-state index contributed by atoms with van der Waals surface area (Å²) in [4.78, 5) is 4.54. The van der Waals surface area contributed by atoms with E-state index in [1.165, 1.54) is 0 Å². The summed E-state index contributed by atoms with van der Waals surface area (Å²) in [6.45, 7) is 5.35. The van der Waals surface area contributed by atoms with E-state index in [4.69, 9.17) is 25.3 Å². The third kappa shape index (κ3) is 3.48. The lowest BCUT2D eigenvalue weighted by atomic mass is 10.0. The highest BCUT2D eigenvalue weighted by Crippen LogP contribution is 2.39. The van der Waals surface area contributed by atoms with Gasteiger partial charge in [-0.25, -0.2) is 0 Å². The van der Waals surface area contributed by atoms with Crippen LogP contribution in [0.25, 0.3) is 33.8 Å². The van der Waals surface area contributed by atoms with E-state index in [1.54, 1.807) is 6.07 Å².